The molecule has 0 saturated carbocycles. The van der Waals surface area contributed by atoms with Crippen LogP contribution in [0.1, 0.15) is 30.7 Å². The van der Waals surface area contributed by atoms with E-state index in [0.717, 1.165) is 24.2 Å². The van der Waals surface area contributed by atoms with Crippen molar-refractivity contribution in [2.24, 2.45) is 0 Å². The molecule has 0 aliphatic rings. The Morgan fingerprint density at radius 1 is 0.864 bits per heavy atom. The van der Waals surface area contributed by atoms with E-state index in [1.54, 1.807) is 0 Å². The van der Waals surface area contributed by atoms with Gasteiger partial charge in [-0.25, -0.2) is 4.68 Å². The quantitative estimate of drug-likeness (QED) is 0.663. The Morgan fingerprint density at radius 2 is 1.55 bits per heavy atom. The van der Waals surface area contributed by atoms with Crippen molar-refractivity contribution in [3.05, 3.63) is 71.4 Å². The first-order valence-corrected chi connectivity index (χ1v) is 7.97. The minimum atomic E-state index is 0.983. The predicted octanol–water partition coefficient (Wildman–Crippen LogP) is 4.97. The molecule has 0 radical (unpaired) electrons. The number of benzene rings is 2. The van der Waals surface area contributed by atoms with E-state index in [1.165, 1.54) is 22.4 Å². The molecule has 0 unspecified atom stereocenters. The van der Waals surface area contributed by atoms with Gasteiger partial charge in [0, 0.05) is 16.8 Å². The zero-order valence-corrected chi connectivity index (χ0v) is 13.5. The Bertz CT molecular complexity index is 752. The molecule has 1 aromatic heterocycles. The Kier molecular flexibility index (Phi) is 4.10. The normalized spacial score (nSPS) is 10.9. The van der Waals surface area contributed by atoms with Gasteiger partial charge >= 0.3 is 0 Å². The second-order valence-corrected chi connectivity index (χ2v) is 5.59. The number of nitrogens with zero attached hydrogens (tertiary/aromatic N) is 2. The molecule has 22 heavy (non-hydrogen) atoms. The van der Waals surface area contributed by atoms with E-state index >= 15 is 0 Å². The summed E-state index contributed by atoms with van der Waals surface area (Å²) in [6.45, 7) is 6.53. The van der Waals surface area contributed by atoms with E-state index in [0.29, 0.717) is 0 Å². The van der Waals surface area contributed by atoms with E-state index in [1.807, 2.05) is 6.07 Å². The second kappa shape index (κ2) is 6.18. The van der Waals surface area contributed by atoms with Crippen molar-refractivity contribution in [3.63, 3.8) is 0 Å². The third kappa shape index (κ3) is 2.57. The fourth-order valence-electron chi connectivity index (χ4n) is 2.95. The summed E-state index contributed by atoms with van der Waals surface area (Å²) in [5.41, 5.74) is 7.39. The Balaban J connectivity index is 2.19. The Morgan fingerprint density at radius 3 is 2.14 bits per heavy atom. The van der Waals surface area contributed by atoms with E-state index in [4.69, 9.17) is 5.10 Å². The van der Waals surface area contributed by atoms with E-state index in [-0.39, 0.29) is 0 Å². The number of rotatable bonds is 4. The van der Waals surface area contributed by atoms with Crippen LogP contribution in [-0.2, 0) is 12.8 Å². The predicted molar refractivity (Wildman–Crippen MR) is 92.5 cm³/mol. The molecule has 0 aliphatic heterocycles. The molecule has 0 fully saturated rings. The first kappa shape index (κ1) is 14.6. The summed E-state index contributed by atoms with van der Waals surface area (Å²) in [4.78, 5) is 0. The molecule has 0 amide bonds. The molecule has 1 heterocycles. The fourth-order valence-corrected chi connectivity index (χ4v) is 2.95. The highest BCUT2D eigenvalue weighted by molar-refractivity contribution is 5.65. The third-order valence-electron chi connectivity index (χ3n) is 4.10. The summed E-state index contributed by atoms with van der Waals surface area (Å²) in [5, 5.41) is 4.94. The molecule has 3 aromatic rings. The molecule has 0 spiro atoms. The summed E-state index contributed by atoms with van der Waals surface area (Å²) in [5.74, 6) is 0. The van der Waals surface area contributed by atoms with Crippen molar-refractivity contribution in [1.29, 1.82) is 0 Å². The van der Waals surface area contributed by atoms with Crippen molar-refractivity contribution in [2.75, 3.05) is 0 Å². The SMILES string of the molecule is CCc1c(-c2ccc(C)cc2)nn(-c2ccccc2)c1CC. The molecule has 0 bridgehead atoms. The number of aromatic nitrogens is 2. The van der Waals surface area contributed by atoms with Gasteiger partial charge < -0.3 is 0 Å². The van der Waals surface area contributed by atoms with Crippen molar-refractivity contribution < 1.29 is 0 Å². The first-order chi connectivity index (χ1) is 10.7. The van der Waals surface area contributed by atoms with Crippen molar-refractivity contribution >= 4 is 0 Å². The van der Waals surface area contributed by atoms with Gasteiger partial charge in [-0.1, -0.05) is 61.9 Å². The molecule has 0 N–H and O–H groups in total. The van der Waals surface area contributed by atoms with Crippen LogP contribution in [0.25, 0.3) is 16.9 Å². The van der Waals surface area contributed by atoms with Crippen LogP contribution in [0.2, 0.25) is 0 Å². The van der Waals surface area contributed by atoms with Gasteiger partial charge in [-0.05, 0) is 31.9 Å². The number of para-hydroxylation sites is 1. The Hall–Kier alpha value is -2.35. The standard InChI is InChI=1S/C20H22N2/c1-4-18-19(5-2)22(17-9-7-6-8-10-17)21-20(18)16-13-11-15(3)12-14-16/h6-14H,4-5H2,1-3H3. The largest absolute Gasteiger partial charge is 0.237 e. The number of aryl methyl sites for hydroxylation is 1. The van der Waals surface area contributed by atoms with Crippen LogP contribution in [-0.4, -0.2) is 9.78 Å². The van der Waals surface area contributed by atoms with Crippen LogP contribution >= 0.6 is 0 Å². The molecule has 2 nitrogen and oxygen atoms in total. The highest BCUT2D eigenvalue weighted by Crippen LogP contribution is 2.28. The average Bonchev–Trinajstić information content (AvgIpc) is 2.95. The van der Waals surface area contributed by atoms with Crippen molar-refractivity contribution in [1.82, 2.24) is 9.78 Å². The molecular weight excluding hydrogens is 268 g/mol. The molecule has 2 heteroatoms. The van der Waals surface area contributed by atoms with Gasteiger partial charge in [0.25, 0.3) is 0 Å². The van der Waals surface area contributed by atoms with Crippen molar-refractivity contribution in [3.8, 4) is 16.9 Å². The molecular formula is C20H22N2. The van der Waals surface area contributed by atoms with Gasteiger partial charge in [0.1, 0.15) is 0 Å². The summed E-state index contributed by atoms with van der Waals surface area (Å²) in [6.07, 6.45) is 1.98. The van der Waals surface area contributed by atoms with Gasteiger partial charge in [-0.15, -0.1) is 0 Å². The van der Waals surface area contributed by atoms with Crippen LogP contribution in [0.15, 0.2) is 54.6 Å². The van der Waals surface area contributed by atoms with E-state index < -0.39 is 0 Å². The maximum Gasteiger partial charge on any atom is 0.0962 e. The number of hydrogen-bond donors (Lipinski definition) is 0. The first-order valence-electron chi connectivity index (χ1n) is 7.97. The summed E-state index contributed by atoms with van der Waals surface area (Å²) in [6, 6.07) is 19.1. The lowest BCUT2D eigenvalue weighted by atomic mass is 10.0. The van der Waals surface area contributed by atoms with Gasteiger partial charge in [0.05, 0.1) is 11.4 Å². The minimum Gasteiger partial charge on any atom is -0.237 e. The topological polar surface area (TPSA) is 17.8 Å². The molecule has 0 aliphatic carbocycles. The average molecular weight is 290 g/mol. The smallest absolute Gasteiger partial charge is 0.0962 e. The lowest BCUT2D eigenvalue weighted by Crippen LogP contribution is -2.02. The maximum absolute atomic E-state index is 4.94. The van der Waals surface area contributed by atoms with Gasteiger partial charge in [0.2, 0.25) is 0 Å². The maximum atomic E-state index is 4.94. The van der Waals surface area contributed by atoms with Crippen LogP contribution in [0.5, 0.6) is 0 Å². The van der Waals surface area contributed by atoms with Gasteiger partial charge in [0.15, 0.2) is 0 Å². The lowest BCUT2D eigenvalue weighted by molar-refractivity contribution is 0.810. The van der Waals surface area contributed by atoms with Gasteiger partial charge in [-0.2, -0.15) is 5.10 Å². The molecule has 0 saturated heterocycles. The van der Waals surface area contributed by atoms with Crippen LogP contribution in [0, 0.1) is 6.92 Å². The third-order valence-corrected chi connectivity index (χ3v) is 4.10. The summed E-state index contributed by atoms with van der Waals surface area (Å²) < 4.78 is 2.11. The molecule has 0 atom stereocenters. The summed E-state index contributed by atoms with van der Waals surface area (Å²) in [7, 11) is 0. The highest BCUT2D eigenvalue weighted by atomic mass is 15.3. The lowest BCUT2D eigenvalue weighted by Gasteiger charge is -2.06. The highest BCUT2D eigenvalue weighted by Gasteiger charge is 2.17. The van der Waals surface area contributed by atoms with Crippen LogP contribution in [0.3, 0.4) is 0 Å². The zero-order chi connectivity index (χ0) is 15.5. The Labute approximate surface area is 132 Å². The van der Waals surface area contributed by atoms with E-state index in [2.05, 4.69) is 74.0 Å². The van der Waals surface area contributed by atoms with E-state index in [9.17, 15) is 0 Å². The fraction of sp³-hybridized carbons (Fsp3) is 0.250. The van der Waals surface area contributed by atoms with Crippen LogP contribution in [0.4, 0.5) is 0 Å². The summed E-state index contributed by atoms with van der Waals surface area (Å²) >= 11 is 0. The molecule has 2 aromatic carbocycles. The zero-order valence-electron chi connectivity index (χ0n) is 13.5. The molecule has 3 rings (SSSR count). The van der Waals surface area contributed by atoms with Crippen molar-refractivity contribution in [2.45, 2.75) is 33.6 Å². The molecule has 112 valence electrons. The number of hydrogen-bond acceptors (Lipinski definition) is 1. The second-order valence-electron chi connectivity index (χ2n) is 5.59. The van der Waals surface area contributed by atoms with Crippen LogP contribution < -0.4 is 0 Å². The monoisotopic (exact) mass is 290 g/mol. The minimum absolute atomic E-state index is 0.983. The van der Waals surface area contributed by atoms with Gasteiger partial charge in [-0.3, -0.25) is 0 Å².